The molecule has 1 atom stereocenters. The highest BCUT2D eigenvalue weighted by Gasteiger charge is 2.28. The largest absolute Gasteiger partial charge is 0.444 e. The second-order valence-electron chi connectivity index (χ2n) is 6.54. The highest BCUT2D eigenvalue weighted by molar-refractivity contribution is 5.68. The number of carbonyl (C=O) groups excluding carboxylic acids is 1. The summed E-state index contributed by atoms with van der Waals surface area (Å²) in [5, 5.41) is 3.50. The number of piperidine rings is 1. The van der Waals surface area contributed by atoms with Gasteiger partial charge in [-0.05, 0) is 40.5 Å². The van der Waals surface area contributed by atoms with Gasteiger partial charge in [0, 0.05) is 33.4 Å². The van der Waals surface area contributed by atoms with Crippen LogP contribution in [0.15, 0.2) is 0 Å². The van der Waals surface area contributed by atoms with Gasteiger partial charge in [-0.25, -0.2) is 4.79 Å². The summed E-state index contributed by atoms with van der Waals surface area (Å²) in [6, 6.07) is 0.476. The fourth-order valence-electron chi connectivity index (χ4n) is 2.51. The Morgan fingerprint density at radius 2 is 1.71 bits per heavy atom. The summed E-state index contributed by atoms with van der Waals surface area (Å²) in [7, 11) is 3.27. The molecule has 1 unspecified atom stereocenters. The van der Waals surface area contributed by atoms with E-state index in [-0.39, 0.29) is 18.4 Å². The summed E-state index contributed by atoms with van der Waals surface area (Å²) in [6.45, 7) is 9.12. The Kier molecular flexibility index (Phi) is 6.90. The number of hydrogen-bond donors (Lipinski definition) is 1. The van der Waals surface area contributed by atoms with Crippen molar-refractivity contribution in [2.75, 3.05) is 27.3 Å². The van der Waals surface area contributed by atoms with E-state index in [9.17, 15) is 4.79 Å². The van der Waals surface area contributed by atoms with Gasteiger partial charge < -0.3 is 24.4 Å². The predicted molar refractivity (Wildman–Crippen MR) is 81.2 cm³/mol. The first-order valence-electron chi connectivity index (χ1n) is 7.56. The maximum atomic E-state index is 12.0. The van der Waals surface area contributed by atoms with Gasteiger partial charge >= 0.3 is 6.09 Å². The van der Waals surface area contributed by atoms with E-state index in [1.54, 1.807) is 19.1 Å². The van der Waals surface area contributed by atoms with Crippen molar-refractivity contribution in [3.63, 3.8) is 0 Å². The molecule has 1 N–H and O–H groups in total. The second kappa shape index (κ2) is 7.96. The first kappa shape index (κ1) is 18.2. The van der Waals surface area contributed by atoms with E-state index in [1.165, 1.54) is 0 Å². The molecule has 0 aromatic carbocycles. The fourth-order valence-corrected chi connectivity index (χ4v) is 2.51. The van der Waals surface area contributed by atoms with Crippen molar-refractivity contribution in [1.82, 2.24) is 10.2 Å². The van der Waals surface area contributed by atoms with Crippen LogP contribution in [0, 0.1) is 0 Å². The number of hydrogen-bond acceptors (Lipinski definition) is 5. The highest BCUT2D eigenvalue weighted by Crippen LogP contribution is 2.16. The normalized spacial score (nSPS) is 18.9. The Labute approximate surface area is 128 Å². The summed E-state index contributed by atoms with van der Waals surface area (Å²) < 4.78 is 15.9. The van der Waals surface area contributed by atoms with Crippen LogP contribution in [0.25, 0.3) is 0 Å². The number of amides is 1. The van der Waals surface area contributed by atoms with Crippen LogP contribution < -0.4 is 5.32 Å². The zero-order chi connectivity index (χ0) is 16.0. The van der Waals surface area contributed by atoms with Crippen LogP contribution >= 0.6 is 0 Å². The van der Waals surface area contributed by atoms with E-state index in [0.717, 1.165) is 12.8 Å². The van der Waals surface area contributed by atoms with Crippen molar-refractivity contribution in [3.8, 4) is 0 Å². The molecule has 1 heterocycles. The minimum Gasteiger partial charge on any atom is -0.444 e. The first-order valence-corrected chi connectivity index (χ1v) is 7.56. The number of nitrogens with one attached hydrogen (secondary N) is 1. The number of ether oxygens (including phenoxy) is 3. The third-order valence-electron chi connectivity index (χ3n) is 3.52. The molecule has 124 valence electrons. The van der Waals surface area contributed by atoms with Gasteiger partial charge in [-0.15, -0.1) is 0 Å². The Bertz CT molecular complexity index is 318. The molecule has 0 aliphatic carbocycles. The molecular weight excluding hydrogens is 272 g/mol. The highest BCUT2D eigenvalue weighted by atomic mass is 16.7. The van der Waals surface area contributed by atoms with Crippen LogP contribution in [0.3, 0.4) is 0 Å². The smallest absolute Gasteiger partial charge is 0.410 e. The number of likely N-dealkylation sites (tertiary alicyclic amines) is 1. The van der Waals surface area contributed by atoms with Crippen molar-refractivity contribution >= 4 is 6.09 Å². The zero-order valence-electron chi connectivity index (χ0n) is 14.1. The predicted octanol–water partition coefficient (Wildman–Crippen LogP) is 1.98. The van der Waals surface area contributed by atoms with Crippen molar-refractivity contribution in [2.45, 2.75) is 64.5 Å². The molecule has 1 amide bonds. The number of methoxy groups -OCH3 is 2. The van der Waals surface area contributed by atoms with Crippen LogP contribution in [0.4, 0.5) is 4.79 Å². The van der Waals surface area contributed by atoms with E-state index in [2.05, 4.69) is 5.32 Å². The lowest BCUT2D eigenvalue weighted by atomic mass is 10.0. The first-order chi connectivity index (χ1) is 9.76. The van der Waals surface area contributed by atoms with Gasteiger partial charge in [0.25, 0.3) is 0 Å². The molecule has 0 bridgehead atoms. The summed E-state index contributed by atoms with van der Waals surface area (Å²) in [5.41, 5.74) is -0.440. The molecule has 1 saturated heterocycles. The quantitative estimate of drug-likeness (QED) is 0.787. The van der Waals surface area contributed by atoms with E-state index in [1.807, 2.05) is 27.7 Å². The molecule has 0 spiro atoms. The summed E-state index contributed by atoms with van der Waals surface area (Å²) in [5.74, 6) is 0. The molecule has 0 aromatic rings. The number of carbonyl (C=O) groups is 1. The molecule has 6 nitrogen and oxygen atoms in total. The molecule has 0 radical (unpaired) electrons. The summed E-state index contributed by atoms with van der Waals surface area (Å²) >= 11 is 0. The molecule has 0 aromatic heterocycles. The summed E-state index contributed by atoms with van der Waals surface area (Å²) in [6.07, 6.45) is 1.34. The van der Waals surface area contributed by atoms with Gasteiger partial charge in [-0.1, -0.05) is 0 Å². The molecule has 1 fully saturated rings. The van der Waals surface area contributed by atoms with E-state index >= 15 is 0 Å². The molecular formula is C15H30N2O4. The maximum absolute atomic E-state index is 12.0. The molecule has 6 heteroatoms. The summed E-state index contributed by atoms with van der Waals surface area (Å²) in [4.78, 5) is 13.8. The lowest BCUT2D eigenvalue weighted by molar-refractivity contribution is -0.121. The van der Waals surface area contributed by atoms with E-state index < -0.39 is 5.60 Å². The van der Waals surface area contributed by atoms with E-state index in [4.69, 9.17) is 14.2 Å². The number of nitrogens with zero attached hydrogens (tertiary/aromatic N) is 1. The minimum absolute atomic E-state index is 0.109. The molecule has 21 heavy (non-hydrogen) atoms. The second-order valence-corrected chi connectivity index (χ2v) is 6.54. The lowest BCUT2D eigenvalue weighted by Gasteiger charge is -2.35. The lowest BCUT2D eigenvalue weighted by Crippen LogP contribution is -2.51. The monoisotopic (exact) mass is 302 g/mol. The molecule has 1 aliphatic heterocycles. The fraction of sp³-hybridized carbons (Fsp3) is 0.933. The van der Waals surface area contributed by atoms with Gasteiger partial charge in [0.2, 0.25) is 0 Å². The van der Waals surface area contributed by atoms with Crippen LogP contribution in [-0.4, -0.2) is 62.3 Å². The van der Waals surface area contributed by atoms with Crippen LogP contribution in [-0.2, 0) is 14.2 Å². The third-order valence-corrected chi connectivity index (χ3v) is 3.52. The Morgan fingerprint density at radius 3 is 2.14 bits per heavy atom. The average molecular weight is 302 g/mol. The topological polar surface area (TPSA) is 60.0 Å². The van der Waals surface area contributed by atoms with Crippen molar-refractivity contribution in [1.29, 1.82) is 0 Å². The molecule has 1 aliphatic rings. The van der Waals surface area contributed by atoms with Gasteiger partial charge in [-0.3, -0.25) is 0 Å². The van der Waals surface area contributed by atoms with Crippen molar-refractivity contribution in [3.05, 3.63) is 0 Å². The van der Waals surface area contributed by atoms with Crippen LogP contribution in [0.5, 0.6) is 0 Å². The van der Waals surface area contributed by atoms with Crippen LogP contribution in [0.2, 0.25) is 0 Å². The van der Waals surface area contributed by atoms with Crippen molar-refractivity contribution < 1.29 is 19.0 Å². The van der Waals surface area contributed by atoms with Gasteiger partial charge in [0.05, 0.1) is 6.04 Å². The zero-order valence-corrected chi connectivity index (χ0v) is 14.1. The van der Waals surface area contributed by atoms with Crippen LogP contribution in [0.1, 0.15) is 40.5 Å². The van der Waals surface area contributed by atoms with Gasteiger partial charge in [0.15, 0.2) is 6.29 Å². The standard InChI is InChI=1S/C15H30N2O4/c1-11(13(19-5)20-6)16-12-7-9-17(10-8-12)14(18)21-15(2,3)4/h11-13,16H,7-10H2,1-6H3. The molecule has 0 saturated carbocycles. The number of rotatable bonds is 5. The molecule has 1 rings (SSSR count). The Morgan fingerprint density at radius 1 is 1.19 bits per heavy atom. The third kappa shape index (κ3) is 6.20. The Hall–Kier alpha value is -0.850. The van der Waals surface area contributed by atoms with Gasteiger partial charge in [0.1, 0.15) is 5.60 Å². The van der Waals surface area contributed by atoms with Crippen molar-refractivity contribution in [2.24, 2.45) is 0 Å². The maximum Gasteiger partial charge on any atom is 0.410 e. The Balaban J connectivity index is 2.37. The average Bonchev–Trinajstić information content (AvgIpc) is 2.39. The SMILES string of the molecule is COC(OC)C(C)NC1CCN(C(=O)OC(C)(C)C)CC1. The van der Waals surface area contributed by atoms with Gasteiger partial charge in [-0.2, -0.15) is 0 Å². The minimum atomic E-state index is -0.440. The van der Waals surface area contributed by atoms with E-state index in [0.29, 0.717) is 19.1 Å².